The summed E-state index contributed by atoms with van der Waals surface area (Å²) >= 11 is 0. The van der Waals surface area contributed by atoms with E-state index in [2.05, 4.69) is 0 Å². The molecule has 0 aliphatic heterocycles. The largest absolute Gasteiger partial charge is 0.299 e. The fraction of sp³-hybridized carbons (Fsp3) is 0.818. The Morgan fingerprint density at radius 1 is 0.407 bits per heavy atom. The average molecular weight is 487 g/mol. The molecule has 0 amide bonds. The first-order valence-electron chi connectivity index (χ1n) is 9.23. The molecule has 0 aliphatic carbocycles. The first-order valence-corrected chi connectivity index (χ1v) is 9.23. The molecule has 0 aliphatic rings. The van der Waals surface area contributed by atoms with Crippen molar-refractivity contribution in [3.05, 3.63) is 0 Å². The van der Waals surface area contributed by atoms with Crippen LogP contribution in [0.15, 0.2) is 0 Å². The van der Waals surface area contributed by atoms with Crippen LogP contribution in [0.4, 0.5) is 0 Å². The molecule has 0 atom stereocenters. The van der Waals surface area contributed by atoms with Gasteiger partial charge in [-0.25, -0.2) is 0 Å². The summed E-state index contributed by atoms with van der Waals surface area (Å²) < 4.78 is 0. The van der Waals surface area contributed by atoms with Crippen molar-refractivity contribution in [3.8, 4) is 0 Å². The molecule has 4 nitrogen and oxygen atoms in total. The van der Waals surface area contributed by atoms with Crippen molar-refractivity contribution in [2.24, 2.45) is 21.7 Å². The minimum Gasteiger partial charge on any atom is -0.299 e. The van der Waals surface area contributed by atoms with Crippen molar-refractivity contribution < 1.29 is 19.2 Å². The number of hydrogen-bond donors (Lipinski definition) is 0. The normalized spacial score (nSPS) is 12.3. The Labute approximate surface area is 183 Å². The zero-order valence-corrected chi connectivity index (χ0v) is 22.4. The van der Waals surface area contributed by atoms with Gasteiger partial charge in [-0.05, 0) is 0 Å². The summed E-state index contributed by atoms with van der Waals surface area (Å²) in [6.45, 7) is 22.1. The smallest absolute Gasteiger partial charge is 0.145 e. The fourth-order valence-corrected chi connectivity index (χ4v) is 1.35. The van der Waals surface area contributed by atoms with Crippen molar-refractivity contribution in [1.82, 2.24) is 0 Å². The summed E-state index contributed by atoms with van der Waals surface area (Å²) in [4.78, 5) is 46.0. The number of hydrogen-bond acceptors (Lipinski definition) is 4. The number of rotatable bonds is 4. The third kappa shape index (κ3) is 14.2. The summed E-state index contributed by atoms with van der Waals surface area (Å²) in [6.07, 6.45) is 0.125. The van der Waals surface area contributed by atoms with Crippen LogP contribution < -0.4 is 0 Å². The van der Waals surface area contributed by atoms with Gasteiger partial charge in [-0.2, -0.15) is 0 Å². The van der Waals surface area contributed by atoms with Crippen LogP contribution in [0.2, 0.25) is 0 Å². The van der Waals surface area contributed by atoms with E-state index in [0.29, 0.717) is 0 Å². The molecule has 0 unspecified atom stereocenters. The maximum absolute atomic E-state index is 11.5. The standard InChI is InChI=1S/2C11H20O2.Sn/c2*1-10(2,3)8(12)7-9(13)11(4,5)6;/h2*7H2,1-6H3;. The number of Topliss-reactive ketones (excluding diaryl/α,β-unsaturated/α-hetero) is 4. The molecular formula is C22H40O4Sn. The zero-order chi connectivity index (χ0) is 21.7. The van der Waals surface area contributed by atoms with Crippen LogP contribution >= 0.6 is 0 Å². The molecule has 0 rings (SSSR count). The molecule has 0 bridgehead atoms. The first kappa shape index (κ1) is 31.2. The van der Waals surface area contributed by atoms with E-state index in [1.807, 2.05) is 83.1 Å². The topological polar surface area (TPSA) is 68.3 Å². The van der Waals surface area contributed by atoms with E-state index in [1.54, 1.807) is 0 Å². The Morgan fingerprint density at radius 2 is 0.519 bits per heavy atom. The Morgan fingerprint density at radius 3 is 0.593 bits per heavy atom. The van der Waals surface area contributed by atoms with Gasteiger partial charge in [-0.1, -0.05) is 83.1 Å². The van der Waals surface area contributed by atoms with Gasteiger partial charge in [-0.15, -0.1) is 0 Å². The van der Waals surface area contributed by atoms with Crippen LogP contribution in [0.25, 0.3) is 0 Å². The van der Waals surface area contributed by atoms with Crippen molar-refractivity contribution in [2.75, 3.05) is 0 Å². The minimum absolute atomic E-state index is 0. The van der Waals surface area contributed by atoms with Gasteiger partial charge in [0, 0.05) is 45.6 Å². The SMILES string of the molecule is CC(C)(C)C(=O)CC(=O)C(C)(C)C.CC(C)(C)C(=O)CC(=O)C(C)(C)C.[Sn]. The van der Waals surface area contributed by atoms with E-state index in [4.69, 9.17) is 0 Å². The van der Waals surface area contributed by atoms with Crippen molar-refractivity contribution >= 4 is 47.0 Å². The maximum atomic E-state index is 11.5. The molecule has 0 saturated carbocycles. The molecule has 0 heterocycles. The predicted octanol–water partition coefficient (Wildman–Crippen LogP) is 4.83. The van der Waals surface area contributed by atoms with Crippen LogP contribution in [-0.4, -0.2) is 47.0 Å². The molecule has 5 heteroatoms. The third-order valence-corrected chi connectivity index (χ3v) is 3.99. The zero-order valence-electron chi connectivity index (χ0n) is 19.5. The molecule has 0 saturated heterocycles. The summed E-state index contributed by atoms with van der Waals surface area (Å²) in [5, 5.41) is 0. The van der Waals surface area contributed by atoms with E-state index in [0.717, 1.165) is 0 Å². The van der Waals surface area contributed by atoms with Crippen LogP contribution in [0, 0.1) is 21.7 Å². The third-order valence-electron chi connectivity index (χ3n) is 3.99. The molecule has 27 heavy (non-hydrogen) atoms. The molecule has 0 aromatic rings. The average Bonchev–Trinajstić information content (AvgIpc) is 2.34. The van der Waals surface area contributed by atoms with E-state index >= 15 is 0 Å². The minimum atomic E-state index is -0.402. The first-order chi connectivity index (χ1) is 11.1. The van der Waals surface area contributed by atoms with Crippen molar-refractivity contribution in [1.29, 1.82) is 0 Å². The number of carbonyl (C=O) groups excluding carboxylic acids is 4. The van der Waals surface area contributed by atoms with E-state index in [9.17, 15) is 19.2 Å². The monoisotopic (exact) mass is 488 g/mol. The molecule has 156 valence electrons. The quantitative estimate of drug-likeness (QED) is 0.421. The molecule has 0 aromatic heterocycles. The van der Waals surface area contributed by atoms with Gasteiger partial charge in [0.2, 0.25) is 0 Å². The van der Waals surface area contributed by atoms with Crippen LogP contribution in [0.3, 0.4) is 0 Å². The predicted molar refractivity (Wildman–Crippen MR) is 113 cm³/mol. The molecule has 0 fully saturated rings. The van der Waals surface area contributed by atoms with Gasteiger partial charge < -0.3 is 0 Å². The summed E-state index contributed by atoms with van der Waals surface area (Å²) in [6, 6.07) is 0. The number of carbonyl (C=O) groups is 4. The van der Waals surface area contributed by atoms with E-state index < -0.39 is 21.7 Å². The van der Waals surface area contributed by atoms with Crippen LogP contribution in [0.1, 0.15) is 95.9 Å². The van der Waals surface area contributed by atoms with Gasteiger partial charge in [0.15, 0.2) is 0 Å². The van der Waals surface area contributed by atoms with Crippen molar-refractivity contribution in [2.45, 2.75) is 95.9 Å². The second-order valence-corrected chi connectivity index (χ2v) is 11.0. The molecular weight excluding hydrogens is 447 g/mol. The Hall–Kier alpha value is -0.521. The van der Waals surface area contributed by atoms with Crippen LogP contribution in [-0.2, 0) is 19.2 Å². The van der Waals surface area contributed by atoms with Gasteiger partial charge in [0.1, 0.15) is 23.1 Å². The second-order valence-electron chi connectivity index (χ2n) is 11.0. The van der Waals surface area contributed by atoms with Gasteiger partial charge in [-0.3, -0.25) is 19.2 Å². The maximum Gasteiger partial charge on any atom is 0.145 e. The van der Waals surface area contributed by atoms with Crippen molar-refractivity contribution in [3.63, 3.8) is 0 Å². The van der Waals surface area contributed by atoms with Gasteiger partial charge >= 0.3 is 0 Å². The Kier molecular flexibility index (Phi) is 12.6. The second kappa shape index (κ2) is 10.9. The van der Waals surface area contributed by atoms with E-state index in [-0.39, 0.29) is 59.9 Å². The van der Waals surface area contributed by atoms with Crippen LogP contribution in [0.5, 0.6) is 0 Å². The molecule has 0 spiro atoms. The molecule has 0 N–H and O–H groups in total. The fourth-order valence-electron chi connectivity index (χ4n) is 1.35. The number of ketones is 4. The summed E-state index contributed by atoms with van der Waals surface area (Å²) in [7, 11) is 0. The van der Waals surface area contributed by atoms with Gasteiger partial charge in [0.05, 0.1) is 12.8 Å². The Bertz CT molecular complexity index is 435. The van der Waals surface area contributed by atoms with E-state index in [1.165, 1.54) is 0 Å². The van der Waals surface area contributed by atoms with Gasteiger partial charge in [0.25, 0.3) is 0 Å². The molecule has 0 aromatic carbocycles. The summed E-state index contributed by atoms with van der Waals surface area (Å²) in [5.41, 5.74) is -1.61. The molecule has 4 radical (unpaired) electrons. The summed E-state index contributed by atoms with van der Waals surface area (Å²) in [5.74, 6) is 0.0831. The Balaban J connectivity index is -0.000000411.